The quantitative estimate of drug-likeness (QED) is 0.624. The molecule has 2 aromatic carbocycles. The lowest BCUT2D eigenvalue weighted by Crippen LogP contribution is -2.33. The number of nitrogens with zero attached hydrogens (tertiary/aromatic N) is 1. The van der Waals surface area contributed by atoms with Gasteiger partial charge < -0.3 is 9.15 Å². The van der Waals surface area contributed by atoms with E-state index in [1.807, 2.05) is 42.5 Å². The predicted octanol–water partition coefficient (Wildman–Crippen LogP) is 4.74. The number of hydrogen-bond donors (Lipinski definition) is 0. The van der Waals surface area contributed by atoms with Crippen LogP contribution in [0.1, 0.15) is 29.6 Å². The molecule has 0 aliphatic carbocycles. The molecule has 4 rings (SSSR count). The Morgan fingerprint density at radius 2 is 1.81 bits per heavy atom. The average Bonchev–Trinajstić information content (AvgIpc) is 3.13. The molecule has 1 aliphatic heterocycles. The van der Waals surface area contributed by atoms with Crippen molar-refractivity contribution in [1.29, 1.82) is 0 Å². The van der Waals surface area contributed by atoms with E-state index in [-0.39, 0.29) is 5.97 Å². The second-order valence-corrected chi connectivity index (χ2v) is 6.74. The van der Waals surface area contributed by atoms with Crippen molar-refractivity contribution in [3.8, 4) is 11.1 Å². The van der Waals surface area contributed by atoms with Crippen molar-refractivity contribution in [3.05, 3.63) is 60.4 Å². The van der Waals surface area contributed by atoms with E-state index in [4.69, 9.17) is 9.15 Å². The maximum atomic E-state index is 12.5. The summed E-state index contributed by atoms with van der Waals surface area (Å²) >= 11 is 0. The van der Waals surface area contributed by atoms with Crippen molar-refractivity contribution in [2.75, 3.05) is 26.2 Å². The molecule has 0 N–H and O–H groups in total. The van der Waals surface area contributed by atoms with Crippen LogP contribution in [0.5, 0.6) is 0 Å². The molecule has 0 unspecified atom stereocenters. The number of fused-ring (bicyclic) bond motifs is 1. The second kappa shape index (κ2) is 7.75. The molecule has 1 aliphatic rings. The first-order valence-corrected chi connectivity index (χ1v) is 9.28. The van der Waals surface area contributed by atoms with Gasteiger partial charge in [-0.2, -0.15) is 0 Å². The van der Waals surface area contributed by atoms with Gasteiger partial charge in [-0.15, -0.1) is 0 Å². The average molecular weight is 349 g/mol. The fourth-order valence-electron chi connectivity index (χ4n) is 3.59. The zero-order chi connectivity index (χ0) is 17.8. The summed E-state index contributed by atoms with van der Waals surface area (Å²) in [4.78, 5) is 14.9. The van der Waals surface area contributed by atoms with Crippen LogP contribution in [-0.4, -0.2) is 37.1 Å². The Kier molecular flexibility index (Phi) is 5.02. The van der Waals surface area contributed by atoms with Gasteiger partial charge >= 0.3 is 5.97 Å². The molecule has 1 aromatic heterocycles. The molecule has 3 aromatic rings. The number of likely N-dealkylation sites (tertiary alicyclic amines) is 1. The van der Waals surface area contributed by atoms with Gasteiger partial charge in [0.15, 0.2) is 0 Å². The van der Waals surface area contributed by atoms with Crippen molar-refractivity contribution in [2.45, 2.75) is 19.3 Å². The molecule has 0 saturated carbocycles. The van der Waals surface area contributed by atoms with E-state index in [0.29, 0.717) is 17.8 Å². The van der Waals surface area contributed by atoms with Crippen LogP contribution in [-0.2, 0) is 4.74 Å². The van der Waals surface area contributed by atoms with Crippen molar-refractivity contribution >= 4 is 16.9 Å². The highest BCUT2D eigenvalue weighted by molar-refractivity contribution is 6.06. The Balaban J connectivity index is 1.49. The highest BCUT2D eigenvalue weighted by Gasteiger charge is 2.18. The maximum absolute atomic E-state index is 12.5. The second-order valence-electron chi connectivity index (χ2n) is 6.74. The van der Waals surface area contributed by atoms with E-state index in [1.54, 1.807) is 12.3 Å². The molecule has 4 heteroatoms. The predicted molar refractivity (Wildman–Crippen MR) is 102 cm³/mol. The molecule has 2 heterocycles. The normalized spacial score (nSPS) is 15.2. The van der Waals surface area contributed by atoms with E-state index in [9.17, 15) is 4.79 Å². The summed E-state index contributed by atoms with van der Waals surface area (Å²) in [6.45, 7) is 3.42. The monoisotopic (exact) mass is 349 g/mol. The van der Waals surface area contributed by atoms with E-state index >= 15 is 0 Å². The first-order chi connectivity index (χ1) is 12.8. The largest absolute Gasteiger partial charge is 0.463 e. The number of carbonyl (C=O) groups is 1. The number of carbonyl (C=O) groups excluding carboxylic acids is 1. The van der Waals surface area contributed by atoms with Crippen LogP contribution < -0.4 is 0 Å². The van der Waals surface area contributed by atoms with Crippen LogP contribution in [0.15, 0.2) is 59.2 Å². The topological polar surface area (TPSA) is 42.7 Å². The molecule has 26 heavy (non-hydrogen) atoms. The van der Waals surface area contributed by atoms with Gasteiger partial charge in [0.2, 0.25) is 0 Å². The molecule has 1 saturated heterocycles. The lowest BCUT2D eigenvalue weighted by Gasteiger charge is -2.25. The third-order valence-electron chi connectivity index (χ3n) is 4.99. The van der Waals surface area contributed by atoms with E-state index in [2.05, 4.69) is 4.90 Å². The highest BCUT2D eigenvalue weighted by Crippen LogP contribution is 2.32. The summed E-state index contributed by atoms with van der Waals surface area (Å²) in [5.74, 6) is -0.318. The third-order valence-corrected chi connectivity index (χ3v) is 4.99. The SMILES string of the molecule is O=C(OCCN1CCCCC1)c1cccc2c(-c3ccccc3)coc12. The summed E-state index contributed by atoms with van der Waals surface area (Å²) in [6, 6.07) is 15.7. The van der Waals surface area contributed by atoms with Crippen LogP contribution in [0.3, 0.4) is 0 Å². The third kappa shape index (κ3) is 3.51. The van der Waals surface area contributed by atoms with E-state index < -0.39 is 0 Å². The van der Waals surface area contributed by atoms with Gasteiger partial charge in [-0.25, -0.2) is 4.79 Å². The van der Waals surface area contributed by atoms with E-state index in [0.717, 1.165) is 36.1 Å². The minimum absolute atomic E-state index is 0.318. The van der Waals surface area contributed by atoms with Gasteiger partial charge in [-0.05, 0) is 37.6 Å². The van der Waals surface area contributed by atoms with Crippen molar-refractivity contribution in [1.82, 2.24) is 4.90 Å². The van der Waals surface area contributed by atoms with Gasteiger partial charge in [-0.1, -0.05) is 48.9 Å². The van der Waals surface area contributed by atoms with Gasteiger partial charge in [0.25, 0.3) is 0 Å². The standard InChI is InChI=1S/C22H23NO3/c24-22(25-15-14-23-12-5-2-6-13-23)19-11-7-10-18-20(16-26-21(18)19)17-8-3-1-4-9-17/h1,3-4,7-11,16H,2,5-6,12-15H2. The number of benzene rings is 2. The fraction of sp³-hybridized carbons (Fsp3) is 0.318. The molecule has 0 radical (unpaired) electrons. The number of esters is 1. The summed E-state index contributed by atoms with van der Waals surface area (Å²) in [5.41, 5.74) is 3.14. The summed E-state index contributed by atoms with van der Waals surface area (Å²) in [7, 11) is 0. The van der Waals surface area contributed by atoms with Crippen LogP contribution in [0, 0.1) is 0 Å². The molecule has 134 valence electrons. The van der Waals surface area contributed by atoms with Crippen LogP contribution in [0.4, 0.5) is 0 Å². The Morgan fingerprint density at radius 1 is 1.00 bits per heavy atom. The number of para-hydroxylation sites is 1. The molecular weight excluding hydrogens is 326 g/mol. The number of furan rings is 1. The molecule has 0 atom stereocenters. The van der Waals surface area contributed by atoms with Gasteiger partial charge in [0.05, 0.1) is 6.26 Å². The van der Waals surface area contributed by atoms with Gasteiger partial charge in [-0.3, -0.25) is 4.90 Å². The molecule has 0 bridgehead atoms. The van der Waals surface area contributed by atoms with Crippen LogP contribution in [0.25, 0.3) is 22.1 Å². The lowest BCUT2D eigenvalue weighted by molar-refractivity contribution is 0.0453. The van der Waals surface area contributed by atoms with Crippen LogP contribution >= 0.6 is 0 Å². The maximum Gasteiger partial charge on any atom is 0.342 e. The Bertz CT molecular complexity index is 879. The number of ether oxygens (including phenoxy) is 1. The first kappa shape index (κ1) is 16.9. The Labute approximate surface area is 153 Å². The minimum Gasteiger partial charge on any atom is -0.463 e. The van der Waals surface area contributed by atoms with Gasteiger partial charge in [0, 0.05) is 17.5 Å². The molecule has 1 fully saturated rings. The number of rotatable bonds is 5. The minimum atomic E-state index is -0.318. The number of piperidine rings is 1. The zero-order valence-corrected chi connectivity index (χ0v) is 14.8. The van der Waals surface area contributed by atoms with E-state index in [1.165, 1.54) is 19.3 Å². The summed E-state index contributed by atoms with van der Waals surface area (Å²) in [5, 5.41) is 0.932. The van der Waals surface area contributed by atoms with Crippen LogP contribution in [0.2, 0.25) is 0 Å². The van der Waals surface area contributed by atoms with Gasteiger partial charge in [0.1, 0.15) is 17.8 Å². The molecule has 0 spiro atoms. The molecule has 0 amide bonds. The smallest absolute Gasteiger partial charge is 0.342 e. The fourth-order valence-corrected chi connectivity index (χ4v) is 3.59. The lowest BCUT2D eigenvalue weighted by atomic mass is 10.0. The summed E-state index contributed by atoms with van der Waals surface area (Å²) in [6.07, 6.45) is 5.49. The summed E-state index contributed by atoms with van der Waals surface area (Å²) < 4.78 is 11.3. The Morgan fingerprint density at radius 3 is 2.62 bits per heavy atom. The zero-order valence-electron chi connectivity index (χ0n) is 14.8. The first-order valence-electron chi connectivity index (χ1n) is 9.28. The van der Waals surface area contributed by atoms with Crippen molar-refractivity contribution in [3.63, 3.8) is 0 Å². The molecular formula is C22H23NO3. The number of hydrogen-bond acceptors (Lipinski definition) is 4. The van der Waals surface area contributed by atoms with Crippen molar-refractivity contribution < 1.29 is 13.9 Å². The highest BCUT2D eigenvalue weighted by atomic mass is 16.5. The van der Waals surface area contributed by atoms with Crippen molar-refractivity contribution in [2.24, 2.45) is 0 Å². The Hall–Kier alpha value is -2.59. The molecule has 4 nitrogen and oxygen atoms in total.